The third kappa shape index (κ3) is 4.10. The minimum absolute atomic E-state index is 0.0215. The fourth-order valence-electron chi connectivity index (χ4n) is 2.71. The molecule has 3 nitrogen and oxygen atoms in total. The van der Waals surface area contributed by atoms with Crippen LogP contribution in [0.1, 0.15) is 50.5 Å². The first kappa shape index (κ1) is 13.6. The number of amides is 1. The van der Waals surface area contributed by atoms with Crippen molar-refractivity contribution >= 4 is 11.6 Å². The highest BCUT2D eigenvalue weighted by molar-refractivity contribution is 5.92. The summed E-state index contributed by atoms with van der Waals surface area (Å²) in [6.07, 6.45) is 8.03. The summed E-state index contributed by atoms with van der Waals surface area (Å²) < 4.78 is 0. The van der Waals surface area contributed by atoms with Crippen LogP contribution in [-0.4, -0.2) is 5.91 Å². The SMILES string of the molecule is N#Cc1ccccc1NC(=O)CCC1CCCCC1. The minimum atomic E-state index is 0.0215. The summed E-state index contributed by atoms with van der Waals surface area (Å²) in [4.78, 5) is 11.9. The molecule has 1 amide bonds. The van der Waals surface area contributed by atoms with E-state index in [9.17, 15) is 4.79 Å². The molecule has 1 aliphatic rings. The number of benzene rings is 1. The Labute approximate surface area is 114 Å². The second-order valence-electron chi connectivity index (χ2n) is 5.25. The van der Waals surface area contributed by atoms with Crippen molar-refractivity contribution < 1.29 is 4.79 Å². The Hall–Kier alpha value is -1.82. The number of hydrogen-bond acceptors (Lipinski definition) is 2. The fraction of sp³-hybridized carbons (Fsp3) is 0.500. The van der Waals surface area contributed by atoms with Crippen LogP contribution in [0.25, 0.3) is 0 Å². The van der Waals surface area contributed by atoms with E-state index in [2.05, 4.69) is 11.4 Å². The molecular weight excluding hydrogens is 236 g/mol. The van der Waals surface area contributed by atoms with Crippen molar-refractivity contribution in [2.45, 2.75) is 44.9 Å². The first-order valence-corrected chi connectivity index (χ1v) is 7.08. The van der Waals surface area contributed by atoms with E-state index in [1.165, 1.54) is 32.1 Å². The molecule has 100 valence electrons. The van der Waals surface area contributed by atoms with Gasteiger partial charge in [-0.3, -0.25) is 4.79 Å². The number of para-hydroxylation sites is 1. The molecule has 2 rings (SSSR count). The molecule has 1 aliphatic carbocycles. The largest absolute Gasteiger partial charge is 0.325 e. The predicted octanol–water partition coefficient (Wildman–Crippen LogP) is 3.86. The van der Waals surface area contributed by atoms with E-state index in [-0.39, 0.29) is 5.91 Å². The van der Waals surface area contributed by atoms with Gasteiger partial charge in [-0.1, -0.05) is 44.2 Å². The van der Waals surface area contributed by atoms with Crippen LogP contribution in [0.5, 0.6) is 0 Å². The Morgan fingerprint density at radius 3 is 2.74 bits per heavy atom. The van der Waals surface area contributed by atoms with Crippen LogP contribution >= 0.6 is 0 Å². The summed E-state index contributed by atoms with van der Waals surface area (Å²) in [6.45, 7) is 0. The second kappa shape index (κ2) is 6.94. The van der Waals surface area contributed by atoms with Gasteiger partial charge in [0.25, 0.3) is 0 Å². The van der Waals surface area contributed by atoms with Crippen molar-refractivity contribution in [1.29, 1.82) is 5.26 Å². The zero-order chi connectivity index (χ0) is 13.5. The number of hydrogen-bond donors (Lipinski definition) is 1. The highest BCUT2D eigenvalue weighted by atomic mass is 16.1. The minimum Gasteiger partial charge on any atom is -0.325 e. The topological polar surface area (TPSA) is 52.9 Å². The molecule has 0 saturated heterocycles. The van der Waals surface area contributed by atoms with E-state index in [4.69, 9.17) is 5.26 Å². The van der Waals surface area contributed by atoms with Gasteiger partial charge in [-0.15, -0.1) is 0 Å². The monoisotopic (exact) mass is 256 g/mol. The van der Waals surface area contributed by atoms with Gasteiger partial charge >= 0.3 is 0 Å². The van der Waals surface area contributed by atoms with E-state index in [1.54, 1.807) is 18.2 Å². The number of rotatable bonds is 4. The van der Waals surface area contributed by atoms with Crippen LogP contribution < -0.4 is 5.32 Å². The molecule has 19 heavy (non-hydrogen) atoms. The molecule has 0 bridgehead atoms. The van der Waals surface area contributed by atoms with Gasteiger partial charge in [-0.2, -0.15) is 5.26 Å². The fourth-order valence-corrected chi connectivity index (χ4v) is 2.71. The van der Waals surface area contributed by atoms with Gasteiger partial charge in [-0.25, -0.2) is 0 Å². The van der Waals surface area contributed by atoms with E-state index in [0.29, 0.717) is 23.6 Å². The molecule has 0 atom stereocenters. The third-order valence-electron chi connectivity index (χ3n) is 3.83. The summed E-state index contributed by atoms with van der Waals surface area (Å²) in [7, 11) is 0. The standard InChI is InChI=1S/C16H20N2O/c17-12-14-8-4-5-9-15(14)18-16(19)11-10-13-6-2-1-3-7-13/h4-5,8-9,13H,1-3,6-7,10-11H2,(H,18,19). The highest BCUT2D eigenvalue weighted by Gasteiger charge is 2.15. The molecule has 0 radical (unpaired) electrons. The lowest BCUT2D eigenvalue weighted by molar-refractivity contribution is -0.116. The highest BCUT2D eigenvalue weighted by Crippen LogP contribution is 2.27. The molecule has 1 saturated carbocycles. The molecule has 3 heteroatoms. The Kier molecular flexibility index (Phi) is 4.97. The van der Waals surface area contributed by atoms with Crippen LogP contribution in [0.2, 0.25) is 0 Å². The molecule has 0 heterocycles. The van der Waals surface area contributed by atoms with Crippen LogP contribution in [0.15, 0.2) is 24.3 Å². The number of nitrogens with zero attached hydrogens (tertiary/aromatic N) is 1. The molecule has 1 fully saturated rings. The van der Waals surface area contributed by atoms with E-state index >= 15 is 0 Å². The molecule has 0 spiro atoms. The van der Waals surface area contributed by atoms with Gasteiger partial charge in [0.1, 0.15) is 6.07 Å². The summed E-state index contributed by atoms with van der Waals surface area (Å²) in [6, 6.07) is 9.22. The lowest BCUT2D eigenvalue weighted by atomic mass is 9.86. The first-order valence-electron chi connectivity index (χ1n) is 7.08. The number of nitrogens with one attached hydrogen (secondary N) is 1. The zero-order valence-electron chi connectivity index (χ0n) is 11.2. The van der Waals surface area contributed by atoms with Gasteiger partial charge < -0.3 is 5.32 Å². The number of carbonyl (C=O) groups is 1. The molecule has 0 unspecified atom stereocenters. The molecule has 1 aromatic rings. The first-order chi connectivity index (χ1) is 9.29. The normalized spacial score (nSPS) is 15.7. The summed E-state index contributed by atoms with van der Waals surface area (Å²) in [5, 5.41) is 11.8. The van der Waals surface area contributed by atoms with E-state index in [1.807, 2.05) is 6.07 Å². The quantitative estimate of drug-likeness (QED) is 0.889. The Bertz CT molecular complexity index is 470. The van der Waals surface area contributed by atoms with Crippen LogP contribution in [0, 0.1) is 17.2 Å². The van der Waals surface area contributed by atoms with Crippen molar-refractivity contribution in [3.8, 4) is 6.07 Å². The predicted molar refractivity (Wildman–Crippen MR) is 75.6 cm³/mol. The summed E-state index contributed by atoms with van der Waals surface area (Å²) in [5.74, 6) is 0.735. The molecular formula is C16H20N2O. The average Bonchev–Trinajstić information content (AvgIpc) is 2.47. The third-order valence-corrected chi connectivity index (χ3v) is 3.83. The van der Waals surface area contributed by atoms with Crippen molar-refractivity contribution in [3.05, 3.63) is 29.8 Å². The lowest BCUT2D eigenvalue weighted by Gasteiger charge is -2.21. The lowest BCUT2D eigenvalue weighted by Crippen LogP contribution is -2.15. The van der Waals surface area contributed by atoms with E-state index in [0.717, 1.165) is 6.42 Å². The van der Waals surface area contributed by atoms with Crippen molar-refractivity contribution in [1.82, 2.24) is 0 Å². The molecule has 0 aromatic heterocycles. The van der Waals surface area contributed by atoms with Gasteiger partial charge in [0.05, 0.1) is 11.3 Å². The van der Waals surface area contributed by atoms with Gasteiger partial charge in [-0.05, 0) is 24.5 Å². The van der Waals surface area contributed by atoms with Crippen molar-refractivity contribution in [2.75, 3.05) is 5.32 Å². The smallest absolute Gasteiger partial charge is 0.224 e. The maximum Gasteiger partial charge on any atom is 0.224 e. The van der Waals surface area contributed by atoms with Crippen LogP contribution in [0.4, 0.5) is 5.69 Å². The van der Waals surface area contributed by atoms with Crippen LogP contribution in [-0.2, 0) is 4.79 Å². The molecule has 1 aromatic carbocycles. The number of carbonyl (C=O) groups excluding carboxylic acids is 1. The van der Waals surface area contributed by atoms with Gasteiger partial charge in [0.15, 0.2) is 0 Å². The average molecular weight is 256 g/mol. The maximum absolute atomic E-state index is 11.9. The Morgan fingerprint density at radius 1 is 1.26 bits per heavy atom. The molecule has 1 N–H and O–H groups in total. The maximum atomic E-state index is 11.9. The Balaban J connectivity index is 1.82. The summed E-state index contributed by atoms with van der Waals surface area (Å²) >= 11 is 0. The number of nitriles is 1. The molecule has 0 aliphatic heterocycles. The van der Waals surface area contributed by atoms with Gasteiger partial charge in [0.2, 0.25) is 5.91 Å². The van der Waals surface area contributed by atoms with Crippen molar-refractivity contribution in [3.63, 3.8) is 0 Å². The number of anilines is 1. The van der Waals surface area contributed by atoms with Crippen molar-refractivity contribution in [2.24, 2.45) is 5.92 Å². The second-order valence-corrected chi connectivity index (χ2v) is 5.25. The Morgan fingerprint density at radius 2 is 2.00 bits per heavy atom. The van der Waals surface area contributed by atoms with E-state index < -0.39 is 0 Å². The van der Waals surface area contributed by atoms with Gasteiger partial charge in [0, 0.05) is 6.42 Å². The van der Waals surface area contributed by atoms with Crippen LogP contribution in [0.3, 0.4) is 0 Å². The zero-order valence-corrected chi connectivity index (χ0v) is 11.2. The summed E-state index contributed by atoms with van der Waals surface area (Å²) in [5.41, 5.74) is 1.15.